The summed E-state index contributed by atoms with van der Waals surface area (Å²) in [7, 11) is 0. The van der Waals surface area contributed by atoms with E-state index in [0.29, 0.717) is 23.7 Å². The van der Waals surface area contributed by atoms with Crippen LogP contribution in [0.1, 0.15) is 12.8 Å². The summed E-state index contributed by atoms with van der Waals surface area (Å²) in [6.45, 7) is 0. The molecule has 2 atom stereocenters. The second-order valence-electron chi connectivity index (χ2n) is 7.33. The number of carboxylic acids is 1. The normalized spacial score (nSPS) is 17.8. The van der Waals surface area contributed by atoms with E-state index in [0.717, 1.165) is 15.1 Å². The number of hydrogen-bond acceptors (Lipinski definition) is 6. The molecular weight excluding hydrogens is 446 g/mol. The van der Waals surface area contributed by atoms with Crippen molar-refractivity contribution in [1.29, 1.82) is 0 Å². The number of nitrogens with zero attached hydrogens (tertiary/aromatic N) is 1. The number of aromatic nitrogens is 1. The Labute approximate surface area is 192 Å². The number of fused-ring (bicyclic) bond motifs is 1. The van der Waals surface area contributed by atoms with E-state index in [1.807, 2.05) is 48.6 Å². The summed E-state index contributed by atoms with van der Waals surface area (Å²) in [6.07, 6.45) is 4.44. The van der Waals surface area contributed by atoms with Crippen LogP contribution in [0.4, 0.5) is 10.8 Å². The van der Waals surface area contributed by atoms with Crippen LogP contribution in [0.5, 0.6) is 0 Å². The molecule has 2 amide bonds. The largest absolute Gasteiger partial charge is 0.481 e. The zero-order valence-corrected chi connectivity index (χ0v) is 18.6. The fraction of sp³-hybridized carbons (Fsp3) is 0.217. The van der Waals surface area contributed by atoms with E-state index in [-0.39, 0.29) is 17.6 Å². The third-order valence-electron chi connectivity index (χ3n) is 5.12. The number of amides is 2. The molecule has 0 bridgehead atoms. The first-order chi connectivity index (χ1) is 15.5. The van der Waals surface area contributed by atoms with E-state index in [9.17, 15) is 19.5 Å². The molecule has 0 fully saturated rings. The number of para-hydroxylation sites is 1. The molecule has 0 saturated carbocycles. The van der Waals surface area contributed by atoms with Crippen molar-refractivity contribution in [2.75, 3.05) is 16.4 Å². The highest BCUT2D eigenvalue weighted by Crippen LogP contribution is 2.28. The minimum absolute atomic E-state index is 0.142. The molecule has 4 rings (SSSR count). The Hall–Kier alpha value is -3.17. The quantitative estimate of drug-likeness (QED) is 0.345. The number of nitrogens with one attached hydrogen (secondary N) is 2. The number of carbonyl (C=O) groups excluding carboxylic acids is 2. The van der Waals surface area contributed by atoms with Crippen LogP contribution >= 0.6 is 23.1 Å². The predicted octanol–water partition coefficient (Wildman–Crippen LogP) is 4.63. The number of thiazole rings is 1. The highest BCUT2D eigenvalue weighted by molar-refractivity contribution is 8.00. The fourth-order valence-corrected chi connectivity index (χ4v) is 5.06. The number of aliphatic carboxylic acids is 1. The van der Waals surface area contributed by atoms with Crippen molar-refractivity contribution in [2.45, 2.75) is 17.7 Å². The molecule has 0 radical (unpaired) electrons. The average Bonchev–Trinajstić information content (AvgIpc) is 3.20. The zero-order chi connectivity index (χ0) is 22.5. The first-order valence-electron chi connectivity index (χ1n) is 10.1. The molecule has 2 unspecified atom stereocenters. The van der Waals surface area contributed by atoms with Gasteiger partial charge in [0.1, 0.15) is 0 Å². The fourth-order valence-electron chi connectivity index (χ4n) is 3.48. The van der Waals surface area contributed by atoms with Gasteiger partial charge < -0.3 is 15.7 Å². The third kappa shape index (κ3) is 5.35. The number of carbonyl (C=O) groups is 3. The topological polar surface area (TPSA) is 108 Å². The van der Waals surface area contributed by atoms with E-state index < -0.39 is 17.8 Å². The molecule has 1 aromatic heterocycles. The van der Waals surface area contributed by atoms with Gasteiger partial charge in [0, 0.05) is 10.6 Å². The van der Waals surface area contributed by atoms with E-state index in [2.05, 4.69) is 15.6 Å². The summed E-state index contributed by atoms with van der Waals surface area (Å²) in [5.41, 5.74) is 1.45. The van der Waals surface area contributed by atoms with E-state index >= 15 is 0 Å². The summed E-state index contributed by atoms with van der Waals surface area (Å²) >= 11 is 2.81. The Bertz CT molecular complexity index is 1140. The maximum atomic E-state index is 12.5. The number of benzene rings is 2. The Morgan fingerprint density at radius 1 is 1.00 bits per heavy atom. The third-order valence-corrected chi connectivity index (χ3v) is 7.08. The highest BCUT2D eigenvalue weighted by Gasteiger charge is 2.33. The summed E-state index contributed by atoms with van der Waals surface area (Å²) in [6, 6.07) is 14.9. The van der Waals surface area contributed by atoms with Gasteiger partial charge in [-0.15, -0.1) is 11.8 Å². The standard InChI is InChI=1S/C23H21N3O4S2/c27-20(26-23-25-18-7-3-4-8-19(18)32-23)13-31-15-11-9-14(10-12-15)24-21(28)16-5-1-2-6-17(16)22(29)30/h1-4,7-12,16-17H,5-6,13H2,(H,24,28)(H,29,30)(H,25,26,27). The van der Waals surface area contributed by atoms with Crippen LogP contribution in [0.25, 0.3) is 10.2 Å². The van der Waals surface area contributed by atoms with Gasteiger partial charge in [0.25, 0.3) is 0 Å². The van der Waals surface area contributed by atoms with Crippen LogP contribution in [0.3, 0.4) is 0 Å². The summed E-state index contributed by atoms with van der Waals surface area (Å²) in [5.74, 6) is -2.45. The molecule has 0 saturated heterocycles. The molecule has 3 aromatic rings. The van der Waals surface area contributed by atoms with Crippen LogP contribution in [-0.2, 0) is 14.4 Å². The van der Waals surface area contributed by atoms with Crippen molar-refractivity contribution in [3.8, 4) is 0 Å². The van der Waals surface area contributed by atoms with Crippen molar-refractivity contribution < 1.29 is 19.5 Å². The van der Waals surface area contributed by atoms with Gasteiger partial charge >= 0.3 is 5.97 Å². The molecule has 3 N–H and O–H groups in total. The monoisotopic (exact) mass is 467 g/mol. The van der Waals surface area contributed by atoms with Crippen LogP contribution < -0.4 is 10.6 Å². The van der Waals surface area contributed by atoms with E-state index in [4.69, 9.17) is 0 Å². The van der Waals surface area contributed by atoms with Crippen LogP contribution in [0.15, 0.2) is 65.6 Å². The van der Waals surface area contributed by atoms with Gasteiger partial charge in [-0.2, -0.15) is 0 Å². The lowest BCUT2D eigenvalue weighted by atomic mass is 9.82. The molecule has 0 aliphatic heterocycles. The summed E-state index contributed by atoms with van der Waals surface area (Å²) in [5, 5.41) is 15.5. The first kappa shape index (κ1) is 22.0. The SMILES string of the molecule is O=C(CSc1ccc(NC(=O)C2CC=CCC2C(=O)O)cc1)Nc1nc2ccccc2s1. The number of allylic oxidation sites excluding steroid dienone is 2. The summed E-state index contributed by atoms with van der Waals surface area (Å²) < 4.78 is 1.02. The lowest BCUT2D eigenvalue weighted by Gasteiger charge is -2.24. The maximum absolute atomic E-state index is 12.5. The molecule has 7 nitrogen and oxygen atoms in total. The lowest BCUT2D eigenvalue weighted by Crippen LogP contribution is -2.34. The molecular formula is C23H21N3O4S2. The zero-order valence-electron chi connectivity index (χ0n) is 17.0. The number of hydrogen-bond donors (Lipinski definition) is 3. The van der Waals surface area contributed by atoms with Crippen molar-refractivity contribution >= 4 is 61.9 Å². The van der Waals surface area contributed by atoms with Gasteiger partial charge in [0.2, 0.25) is 11.8 Å². The minimum Gasteiger partial charge on any atom is -0.481 e. The van der Waals surface area contributed by atoms with Crippen LogP contribution in [0.2, 0.25) is 0 Å². The smallest absolute Gasteiger partial charge is 0.307 e. The second kappa shape index (κ2) is 9.97. The van der Waals surface area contributed by atoms with Crippen molar-refractivity contribution in [1.82, 2.24) is 4.98 Å². The van der Waals surface area contributed by atoms with Gasteiger partial charge in [-0.25, -0.2) is 4.98 Å². The highest BCUT2D eigenvalue weighted by atomic mass is 32.2. The Balaban J connectivity index is 1.28. The minimum atomic E-state index is -0.953. The second-order valence-corrected chi connectivity index (χ2v) is 9.41. The van der Waals surface area contributed by atoms with Gasteiger partial charge in [-0.3, -0.25) is 14.4 Å². The van der Waals surface area contributed by atoms with Gasteiger partial charge in [0.05, 0.1) is 27.8 Å². The van der Waals surface area contributed by atoms with E-state index in [1.54, 1.807) is 12.1 Å². The van der Waals surface area contributed by atoms with Crippen LogP contribution in [0, 0.1) is 11.8 Å². The van der Waals surface area contributed by atoms with Crippen LogP contribution in [-0.4, -0.2) is 33.6 Å². The number of anilines is 2. The molecule has 1 aliphatic carbocycles. The summed E-state index contributed by atoms with van der Waals surface area (Å²) in [4.78, 5) is 41.5. The number of carboxylic acid groups (broad SMARTS) is 1. The molecule has 1 aliphatic rings. The molecule has 1 heterocycles. The van der Waals surface area contributed by atoms with Crippen molar-refractivity contribution in [3.05, 3.63) is 60.7 Å². The Morgan fingerprint density at radius 3 is 2.44 bits per heavy atom. The van der Waals surface area contributed by atoms with Gasteiger partial charge in [-0.05, 0) is 49.2 Å². The lowest BCUT2D eigenvalue weighted by molar-refractivity contribution is -0.146. The Morgan fingerprint density at radius 2 is 1.72 bits per heavy atom. The average molecular weight is 468 g/mol. The molecule has 32 heavy (non-hydrogen) atoms. The number of rotatable bonds is 7. The number of thioether (sulfide) groups is 1. The molecule has 164 valence electrons. The van der Waals surface area contributed by atoms with Crippen molar-refractivity contribution in [2.24, 2.45) is 11.8 Å². The molecule has 0 spiro atoms. The van der Waals surface area contributed by atoms with Crippen molar-refractivity contribution in [3.63, 3.8) is 0 Å². The van der Waals surface area contributed by atoms with Gasteiger partial charge in [-0.1, -0.05) is 35.6 Å². The van der Waals surface area contributed by atoms with E-state index in [1.165, 1.54) is 23.1 Å². The molecule has 9 heteroatoms. The maximum Gasteiger partial charge on any atom is 0.307 e. The predicted molar refractivity (Wildman–Crippen MR) is 127 cm³/mol. The Kier molecular flexibility index (Phi) is 6.87. The molecule has 2 aromatic carbocycles. The van der Waals surface area contributed by atoms with Gasteiger partial charge in [0.15, 0.2) is 5.13 Å². The first-order valence-corrected chi connectivity index (χ1v) is 11.9.